The second kappa shape index (κ2) is 14.8. The molecule has 0 aromatic heterocycles. The number of hydrogen-bond acceptors (Lipinski definition) is 0. The molecule has 0 aliphatic heterocycles. The number of rotatable bonds is 7. The molecule has 4 fully saturated rings. The summed E-state index contributed by atoms with van der Waals surface area (Å²) in [6.45, 7) is 22.2. The Labute approximate surface area is 250 Å². The van der Waals surface area contributed by atoms with Crippen LogP contribution in [0.15, 0.2) is 0 Å². The van der Waals surface area contributed by atoms with E-state index in [0.717, 1.165) is 40.7 Å². The first-order valence-electron chi connectivity index (χ1n) is 14.9. The van der Waals surface area contributed by atoms with Gasteiger partial charge in [-0.3, -0.25) is 0 Å². The van der Waals surface area contributed by atoms with Crippen molar-refractivity contribution in [2.24, 2.45) is 29.6 Å². The summed E-state index contributed by atoms with van der Waals surface area (Å²) in [5, 5.41) is 0. The molecule has 0 amide bonds. The van der Waals surface area contributed by atoms with Crippen LogP contribution in [0.3, 0.4) is 0 Å². The Kier molecular flexibility index (Phi) is 14.9. The molecule has 0 aromatic carbocycles. The van der Waals surface area contributed by atoms with Crippen molar-refractivity contribution < 1.29 is 20.8 Å². The molecule has 0 aromatic rings. The van der Waals surface area contributed by atoms with Crippen molar-refractivity contribution in [3.05, 3.63) is 14.9 Å². The van der Waals surface area contributed by atoms with Crippen molar-refractivity contribution in [3.63, 3.8) is 0 Å². The van der Waals surface area contributed by atoms with E-state index in [4.69, 9.17) is 17.0 Å². The van der Waals surface area contributed by atoms with Crippen molar-refractivity contribution in [1.29, 1.82) is 0 Å². The zero-order valence-electron chi connectivity index (χ0n) is 25.9. The van der Waals surface area contributed by atoms with Gasteiger partial charge in [-0.2, -0.15) is 0 Å². The Bertz CT molecular complexity index is 651. The molecule has 0 N–H and O–H groups in total. The molecule has 4 aliphatic rings. The van der Waals surface area contributed by atoms with E-state index in [1.54, 1.807) is 57.8 Å². The van der Waals surface area contributed by atoms with Gasteiger partial charge in [-0.25, -0.2) is 0 Å². The van der Waals surface area contributed by atoms with E-state index in [1.165, 1.54) is 24.8 Å². The number of fused-ring (bicyclic) bond motifs is 2. The van der Waals surface area contributed by atoms with Gasteiger partial charge in [0.1, 0.15) is 0 Å². The molecule has 8 unspecified atom stereocenters. The van der Waals surface area contributed by atoms with Crippen LogP contribution in [0, 0.1) is 44.4 Å². The third kappa shape index (κ3) is 7.49. The number of unbranched alkanes of at least 4 members (excludes halogenated alkanes) is 1. The van der Waals surface area contributed by atoms with Crippen molar-refractivity contribution in [2.75, 3.05) is 0 Å². The van der Waals surface area contributed by atoms with Crippen LogP contribution in [0.2, 0.25) is 62.5 Å². The third-order valence-corrected chi connectivity index (χ3v) is 35.8. The van der Waals surface area contributed by atoms with E-state index in [-0.39, 0.29) is 14.9 Å². The van der Waals surface area contributed by atoms with Gasteiger partial charge in [0, 0.05) is 23.3 Å². The molecule has 0 bridgehead atoms. The van der Waals surface area contributed by atoms with Gasteiger partial charge in [-0.15, -0.1) is 0 Å². The van der Waals surface area contributed by atoms with Crippen LogP contribution in [-0.4, -0.2) is 23.3 Å². The van der Waals surface area contributed by atoms with Crippen molar-refractivity contribution in [2.45, 2.75) is 146 Å². The molecule has 0 nitrogen and oxygen atoms in total. The summed E-state index contributed by atoms with van der Waals surface area (Å²) in [5.74, 6) is 5.62. The fraction of sp³-hybridized carbons (Fsp3) is 0.933. The average molecular weight is 669 g/mol. The van der Waals surface area contributed by atoms with E-state index in [2.05, 4.69) is 52.8 Å². The van der Waals surface area contributed by atoms with Gasteiger partial charge in [-0.1, -0.05) is 123 Å². The van der Waals surface area contributed by atoms with Crippen LogP contribution in [0.1, 0.15) is 84.0 Å². The first-order valence-corrected chi connectivity index (χ1v) is 31.9. The zero-order chi connectivity index (χ0) is 25.3. The van der Waals surface area contributed by atoms with Gasteiger partial charge >= 0.3 is 37.9 Å². The Morgan fingerprint density at radius 2 is 1.36 bits per heavy atom. The molecule has 4 saturated carbocycles. The summed E-state index contributed by atoms with van der Waals surface area (Å²) in [7, 11) is 6.40. The average Bonchev–Trinajstić information content (AvgIpc) is 3.49. The van der Waals surface area contributed by atoms with E-state index >= 15 is 0 Å². The first-order chi connectivity index (χ1) is 15.9. The summed E-state index contributed by atoms with van der Waals surface area (Å²) < 4.78 is 0. The number of hydrogen-bond donors (Lipinski definition) is 0. The fourth-order valence-electron chi connectivity index (χ4n) is 10.1. The second-order valence-electron chi connectivity index (χ2n) is 15.0. The van der Waals surface area contributed by atoms with E-state index < -0.39 is 44.1 Å². The quantitative estimate of drug-likeness (QED) is 0.187. The van der Waals surface area contributed by atoms with E-state index in [0.29, 0.717) is 0 Å². The number of halogens is 2. The van der Waals surface area contributed by atoms with Crippen LogP contribution < -0.4 is 0 Å². The molecule has 0 spiro atoms. The van der Waals surface area contributed by atoms with Crippen LogP contribution in [0.4, 0.5) is 0 Å². The second-order valence-corrected chi connectivity index (χ2v) is 40.3. The Morgan fingerprint density at radius 3 is 1.94 bits per heavy atom. The predicted octanol–water partition coefficient (Wildman–Crippen LogP) is 12.0. The molecule has 6 heteroatoms. The van der Waals surface area contributed by atoms with Gasteiger partial charge in [-0.05, 0) is 52.6 Å². The van der Waals surface area contributed by atoms with E-state index in [1.807, 2.05) is 0 Å². The molecule has 0 heterocycles. The van der Waals surface area contributed by atoms with E-state index in [9.17, 15) is 0 Å². The Balaban J connectivity index is 0.00000123. The molecular weight excluding hydrogens is 607 g/mol. The molecule has 0 saturated heterocycles. The first kappa shape index (κ1) is 36.1. The minimum absolute atomic E-state index is 0. The van der Waals surface area contributed by atoms with Gasteiger partial charge < -0.3 is 14.9 Å². The molecule has 36 heavy (non-hydrogen) atoms. The van der Waals surface area contributed by atoms with Crippen LogP contribution in [-0.2, 0) is 20.8 Å². The summed E-state index contributed by atoms with van der Waals surface area (Å²) in [4.78, 5) is 0. The minimum atomic E-state index is -1.21. The Morgan fingerprint density at radius 1 is 0.722 bits per heavy atom. The summed E-state index contributed by atoms with van der Waals surface area (Å²) >= 11 is -0.826. The van der Waals surface area contributed by atoms with Crippen LogP contribution >= 0.6 is 17.0 Å². The fourth-order valence-corrected chi connectivity index (χ4v) is 27.5. The Hall–Kier alpha value is 2.11. The summed E-state index contributed by atoms with van der Waals surface area (Å²) in [6, 6.07) is 0. The molecule has 4 aliphatic carbocycles. The summed E-state index contributed by atoms with van der Waals surface area (Å²) in [5.41, 5.74) is 3.49. The molecule has 4 rings (SSSR count). The van der Waals surface area contributed by atoms with Crippen molar-refractivity contribution in [1.82, 2.24) is 0 Å². The topological polar surface area (TPSA) is 0 Å². The van der Waals surface area contributed by atoms with Crippen molar-refractivity contribution in [3.8, 4) is 0 Å². The molecule has 0 radical (unpaired) electrons. The van der Waals surface area contributed by atoms with Gasteiger partial charge in [0.05, 0.1) is 0 Å². The maximum absolute atomic E-state index is 4.93. The van der Waals surface area contributed by atoms with Crippen LogP contribution in [0.25, 0.3) is 0 Å². The van der Waals surface area contributed by atoms with Crippen LogP contribution in [0.5, 0.6) is 0 Å². The third-order valence-electron chi connectivity index (χ3n) is 12.2. The normalized spacial score (nSPS) is 35.9. The predicted molar refractivity (Wildman–Crippen MR) is 173 cm³/mol. The van der Waals surface area contributed by atoms with Gasteiger partial charge in [0.25, 0.3) is 0 Å². The van der Waals surface area contributed by atoms with Gasteiger partial charge in [0.2, 0.25) is 0 Å². The monoisotopic (exact) mass is 666 g/mol. The molecule has 8 atom stereocenters. The maximum atomic E-state index is 4.93. The molecular formula is C30H62Cl2Si3Zr. The zero-order valence-corrected chi connectivity index (χ0v) is 32.8. The standard InChI is InChI=1S/C28H56Si3.2CH3.2ClH.Zr/c1-9-10-12-21-15-16-23(19-21)30(5,6)31(7,8)27-18-17-25-26(27)20-22-13-11-14-24(22)28(25)29(2,3)4;;;;;/h21-28H,9-20H2,1-8H3;2*1H3;2*1H;/q;2*-1;;;+4/p-2. The SMILES string of the molecule is CCCCC1CCC([Si](C)(C)[Si](C)(C)C2CCC3C2CC2CCCC2C3[Si](C)(C)C)C1.[CH3-].[CH3-].[Cl][Zr+2][Cl]. The van der Waals surface area contributed by atoms with Gasteiger partial charge in [0.15, 0.2) is 0 Å². The molecule has 212 valence electrons. The van der Waals surface area contributed by atoms with Crippen molar-refractivity contribution >= 4 is 40.3 Å². The summed E-state index contributed by atoms with van der Waals surface area (Å²) in [6.07, 6.45) is 18.9.